The zero-order chi connectivity index (χ0) is 15.2. The molecule has 2 aromatic rings. The molecule has 110 valence electrons. The summed E-state index contributed by atoms with van der Waals surface area (Å²) in [4.78, 5) is 12.0. The number of rotatable bonds is 5. The van der Waals surface area contributed by atoms with Gasteiger partial charge in [-0.05, 0) is 37.6 Å². The summed E-state index contributed by atoms with van der Waals surface area (Å²) >= 11 is 0. The highest BCUT2D eigenvalue weighted by molar-refractivity contribution is 5.80. The Balaban J connectivity index is 1.90. The summed E-state index contributed by atoms with van der Waals surface area (Å²) in [7, 11) is 0. The highest BCUT2D eigenvalue weighted by Crippen LogP contribution is 2.14. The molecule has 1 N–H and O–H groups in total. The maximum Gasteiger partial charge on any atom is 0.261 e. The van der Waals surface area contributed by atoms with Gasteiger partial charge in [0.1, 0.15) is 11.6 Å². The van der Waals surface area contributed by atoms with E-state index in [1.807, 2.05) is 25.1 Å². The maximum atomic E-state index is 13.4. The molecule has 0 heterocycles. The minimum atomic E-state index is -0.640. The van der Waals surface area contributed by atoms with Crippen molar-refractivity contribution in [1.29, 1.82) is 0 Å². The molecular weight excluding hydrogens is 269 g/mol. The number of carbonyl (C=O) groups excluding carboxylic acids is 1. The molecule has 0 saturated heterocycles. The van der Waals surface area contributed by atoms with Crippen LogP contribution in [0.2, 0.25) is 0 Å². The Morgan fingerprint density at radius 1 is 1.24 bits per heavy atom. The SMILES string of the molecule is Cc1cccc(O[C@H](C)C(=O)NCc2ccccc2F)c1. The quantitative estimate of drug-likeness (QED) is 0.917. The average Bonchev–Trinajstić information content (AvgIpc) is 2.46. The molecule has 4 heteroatoms. The predicted octanol–water partition coefficient (Wildman–Crippen LogP) is 3.22. The summed E-state index contributed by atoms with van der Waals surface area (Å²) in [6.07, 6.45) is -0.640. The normalized spacial score (nSPS) is 11.8. The number of benzene rings is 2. The van der Waals surface area contributed by atoms with Gasteiger partial charge in [-0.25, -0.2) is 4.39 Å². The Bertz CT molecular complexity index is 628. The molecule has 0 aromatic heterocycles. The van der Waals surface area contributed by atoms with E-state index in [0.717, 1.165) is 5.56 Å². The van der Waals surface area contributed by atoms with Crippen LogP contribution in [-0.2, 0) is 11.3 Å². The molecule has 2 aromatic carbocycles. The zero-order valence-corrected chi connectivity index (χ0v) is 12.1. The fourth-order valence-electron chi connectivity index (χ4n) is 1.91. The van der Waals surface area contributed by atoms with E-state index in [1.165, 1.54) is 6.07 Å². The minimum Gasteiger partial charge on any atom is -0.481 e. The van der Waals surface area contributed by atoms with Gasteiger partial charge in [0.05, 0.1) is 0 Å². The molecule has 1 atom stereocenters. The van der Waals surface area contributed by atoms with Gasteiger partial charge in [-0.15, -0.1) is 0 Å². The lowest BCUT2D eigenvalue weighted by Crippen LogP contribution is -2.36. The number of aryl methyl sites for hydroxylation is 1. The molecular formula is C17H18FNO2. The predicted molar refractivity (Wildman–Crippen MR) is 79.5 cm³/mol. The van der Waals surface area contributed by atoms with Gasteiger partial charge >= 0.3 is 0 Å². The van der Waals surface area contributed by atoms with Crippen molar-refractivity contribution >= 4 is 5.91 Å². The van der Waals surface area contributed by atoms with Crippen LogP contribution in [0.1, 0.15) is 18.1 Å². The lowest BCUT2D eigenvalue weighted by atomic mass is 10.2. The summed E-state index contributed by atoms with van der Waals surface area (Å²) in [5.74, 6) is 0.0355. The van der Waals surface area contributed by atoms with E-state index in [0.29, 0.717) is 11.3 Å². The van der Waals surface area contributed by atoms with Crippen LogP contribution in [0.15, 0.2) is 48.5 Å². The van der Waals surface area contributed by atoms with E-state index in [1.54, 1.807) is 31.2 Å². The highest BCUT2D eigenvalue weighted by Gasteiger charge is 2.14. The smallest absolute Gasteiger partial charge is 0.261 e. The van der Waals surface area contributed by atoms with Gasteiger partial charge in [-0.2, -0.15) is 0 Å². The molecule has 0 aliphatic rings. The second-order valence-electron chi connectivity index (χ2n) is 4.89. The van der Waals surface area contributed by atoms with E-state index in [-0.39, 0.29) is 18.3 Å². The Kier molecular flexibility index (Phi) is 4.93. The van der Waals surface area contributed by atoms with Gasteiger partial charge in [0.25, 0.3) is 5.91 Å². The fraction of sp³-hybridized carbons (Fsp3) is 0.235. The zero-order valence-electron chi connectivity index (χ0n) is 12.1. The second-order valence-corrected chi connectivity index (χ2v) is 4.89. The fourth-order valence-corrected chi connectivity index (χ4v) is 1.91. The number of amides is 1. The average molecular weight is 287 g/mol. The van der Waals surface area contributed by atoms with Crippen LogP contribution in [0.5, 0.6) is 5.75 Å². The lowest BCUT2D eigenvalue weighted by molar-refractivity contribution is -0.127. The Morgan fingerprint density at radius 3 is 2.71 bits per heavy atom. The summed E-state index contributed by atoms with van der Waals surface area (Å²) in [5, 5.41) is 2.67. The molecule has 0 saturated carbocycles. The van der Waals surface area contributed by atoms with E-state index in [2.05, 4.69) is 5.32 Å². The van der Waals surface area contributed by atoms with Crippen molar-refractivity contribution in [2.24, 2.45) is 0 Å². The van der Waals surface area contributed by atoms with Gasteiger partial charge in [0.15, 0.2) is 6.10 Å². The van der Waals surface area contributed by atoms with Gasteiger partial charge in [0, 0.05) is 12.1 Å². The van der Waals surface area contributed by atoms with E-state index < -0.39 is 6.10 Å². The summed E-state index contributed by atoms with van der Waals surface area (Å²) in [6, 6.07) is 13.8. The molecule has 21 heavy (non-hydrogen) atoms. The number of hydrogen-bond acceptors (Lipinski definition) is 2. The van der Waals surface area contributed by atoms with Gasteiger partial charge in [-0.3, -0.25) is 4.79 Å². The van der Waals surface area contributed by atoms with Crippen LogP contribution in [-0.4, -0.2) is 12.0 Å². The molecule has 0 fully saturated rings. The lowest BCUT2D eigenvalue weighted by Gasteiger charge is -2.15. The Labute approximate surface area is 123 Å². The van der Waals surface area contributed by atoms with Crippen molar-refractivity contribution < 1.29 is 13.9 Å². The molecule has 2 rings (SSSR count). The first-order valence-electron chi connectivity index (χ1n) is 6.80. The van der Waals surface area contributed by atoms with E-state index in [4.69, 9.17) is 4.74 Å². The van der Waals surface area contributed by atoms with Crippen molar-refractivity contribution in [3.05, 3.63) is 65.5 Å². The molecule has 0 bridgehead atoms. The van der Waals surface area contributed by atoms with Gasteiger partial charge in [-0.1, -0.05) is 30.3 Å². The number of hydrogen-bond donors (Lipinski definition) is 1. The Hall–Kier alpha value is -2.36. The number of halogens is 1. The molecule has 0 aliphatic heterocycles. The molecule has 0 aliphatic carbocycles. The molecule has 3 nitrogen and oxygen atoms in total. The first-order chi connectivity index (χ1) is 10.1. The molecule has 0 spiro atoms. The summed E-state index contributed by atoms with van der Waals surface area (Å²) in [5.41, 5.74) is 1.51. The topological polar surface area (TPSA) is 38.3 Å². The third kappa shape index (κ3) is 4.31. The third-order valence-corrected chi connectivity index (χ3v) is 3.08. The van der Waals surface area contributed by atoms with Crippen molar-refractivity contribution in [3.63, 3.8) is 0 Å². The maximum absolute atomic E-state index is 13.4. The van der Waals surface area contributed by atoms with E-state index >= 15 is 0 Å². The molecule has 1 amide bonds. The van der Waals surface area contributed by atoms with Crippen LogP contribution in [0.3, 0.4) is 0 Å². The largest absolute Gasteiger partial charge is 0.481 e. The van der Waals surface area contributed by atoms with E-state index in [9.17, 15) is 9.18 Å². The van der Waals surface area contributed by atoms with Gasteiger partial charge in [0.2, 0.25) is 0 Å². The first kappa shape index (κ1) is 15.0. The molecule has 0 unspecified atom stereocenters. The summed E-state index contributed by atoms with van der Waals surface area (Å²) in [6.45, 7) is 3.77. The van der Waals surface area contributed by atoms with Crippen LogP contribution in [0.4, 0.5) is 4.39 Å². The minimum absolute atomic E-state index is 0.146. The van der Waals surface area contributed by atoms with Crippen molar-refractivity contribution in [2.75, 3.05) is 0 Å². The first-order valence-corrected chi connectivity index (χ1v) is 6.80. The second kappa shape index (κ2) is 6.88. The number of ether oxygens (including phenoxy) is 1. The summed E-state index contributed by atoms with van der Waals surface area (Å²) < 4.78 is 19.0. The standard InChI is InChI=1S/C17H18FNO2/c1-12-6-5-8-15(10-12)21-13(2)17(20)19-11-14-7-3-4-9-16(14)18/h3-10,13H,11H2,1-2H3,(H,19,20)/t13-/m1/s1. The monoisotopic (exact) mass is 287 g/mol. The van der Waals surface area contributed by atoms with Crippen molar-refractivity contribution in [2.45, 2.75) is 26.5 Å². The van der Waals surface area contributed by atoms with Crippen LogP contribution in [0.25, 0.3) is 0 Å². The van der Waals surface area contributed by atoms with Gasteiger partial charge < -0.3 is 10.1 Å². The Morgan fingerprint density at radius 2 is 2.00 bits per heavy atom. The molecule has 0 radical (unpaired) electrons. The van der Waals surface area contributed by atoms with Crippen LogP contribution >= 0.6 is 0 Å². The van der Waals surface area contributed by atoms with Crippen molar-refractivity contribution in [3.8, 4) is 5.75 Å². The highest BCUT2D eigenvalue weighted by atomic mass is 19.1. The van der Waals surface area contributed by atoms with Crippen LogP contribution in [0, 0.1) is 12.7 Å². The van der Waals surface area contributed by atoms with Crippen LogP contribution < -0.4 is 10.1 Å². The third-order valence-electron chi connectivity index (χ3n) is 3.08. The number of carbonyl (C=O) groups is 1. The van der Waals surface area contributed by atoms with Crippen molar-refractivity contribution in [1.82, 2.24) is 5.32 Å². The number of nitrogens with one attached hydrogen (secondary N) is 1.